The summed E-state index contributed by atoms with van der Waals surface area (Å²) in [4.78, 5) is 18.0. The van der Waals surface area contributed by atoms with Crippen LogP contribution >= 0.6 is 15.9 Å². The van der Waals surface area contributed by atoms with Gasteiger partial charge >= 0.3 is 6.03 Å². The Kier molecular flexibility index (Phi) is 6.81. The van der Waals surface area contributed by atoms with Gasteiger partial charge in [-0.3, -0.25) is 4.98 Å². The summed E-state index contributed by atoms with van der Waals surface area (Å²) < 4.78 is 1.03. The minimum atomic E-state index is -0.0880. The monoisotopic (exact) mass is 373 g/mol. The van der Waals surface area contributed by atoms with Crippen molar-refractivity contribution >= 4 is 28.0 Å². The summed E-state index contributed by atoms with van der Waals surface area (Å²) in [5, 5.41) is 2.82. The second-order valence-electron chi connectivity index (χ2n) is 5.02. The number of hydrogen-bond acceptors (Lipinski definition) is 2. The Labute approximate surface area is 145 Å². The summed E-state index contributed by atoms with van der Waals surface area (Å²) in [7, 11) is 0. The Morgan fingerprint density at radius 1 is 1.22 bits per heavy atom. The number of aromatic nitrogens is 1. The van der Waals surface area contributed by atoms with E-state index in [1.165, 1.54) is 5.56 Å². The van der Waals surface area contributed by atoms with Crippen molar-refractivity contribution in [2.45, 2.75) is 13.3 Å². The Morgan fingerprint density at radius 3 is 2.57 bits per heavy atom. The third-order valence-corrected chi connectivity index (χ3v) is 3.97. The molecule has 23 heavy (non-hydrogen) atoms. The Balaban J connectivity index is 1.83. The van der Waals surface area contributed by atoms with E-state index in [1.54, 1.807) is 23.5 Å². The van der Waals surface area contributed by atoms with Gasteiger partial charge in [-0.05, 0) is 54.8 Å². The number of amides is 2. The normalized spacial score (nSPS) is 10.7. The van der Waals surface area contributed by atoms with Crippen LogP contribution in [0.5, 0.6) is 0 Å². The predicted octanol–water partition coefficient (Wildman–Crippen LogP) is 4.09. The fourth-order valence-electron chi connectivity index (χ4n) is 2.09. The van der Waals surface area contributed by atoms with Gasteiger partial charge < -0.3 is 10.2 Å². The first kappa shape index (κ1) is 17.2. The van der Waals surface area contributed by atoms with Gasteiger partial charge in [-0.15, -0.1) is 0 Å². The zero-order chi connectivity index (χ0) is 16.5. The molecule has 0 radical (unpaired) electrons. The largest absolute Gasteiger partial charge is 0.324 e. The van der Waals surface area contributed by atoms with Crippen molar-refractivity contribution in [2.24, 2.45) is 0 Å². The smallest absolute Gasteiger partial charge is 0.321 e. The van der Waals surface area contributed by atoms with Gasteiger partial charge in [0, 0.05) is 36.2 Å². The Bertz CT molecular complexity index is 641. The van der Waals surface area contributed by atoms with Crippen molar-refractivity contribution in [1.29, 1.82) is 0 Å². The first-order valence-corrected chi connectivity index (χ1v) is 8.35. The van der Waals surface area contributed by atoms with E-state index in [1.807, 2.05) is 49.4 Å². The molecule has 2 rings (SSSR count). The van der Waals surface area contributed by atoms with Gasteiger partial charge in [0.25, 0.3) is 0 Å². The van der Waals surface area contributed by atoms with E-state index < -0.39 is 0 Å². The van der Waals surface area contributed by atoms with Crippen molar-refractivity contribution in [3.63, 3.8) is 0 Å². The highest BCUT2D eigenvalue weighted by molar-refractivity contribution is 9.10. The molecule has 0 bridgehead atoms. The lowest BCUT2D eigenvalue weighted by atomic mass is 10.2. The number of urea groups is 1. The van der Waals surface area contributed by atoms with Crippen LogP contribution in [0, 0.1) is 0 Å². The van der Waals surface area contributed by atoms with Crippen LogP contribution in [0.15, 0.2) is 59.5 Å². The lowest BCUT2D eigenvalue weighted by Gasteiger charge is -2.20. The Hall–Kier alpha value is -2.14. The minimum absolute atomic E-state index is 0.0880. The predicted molar refractivity (Wildman–Crippen MR) is 96.9 cm³/mol. The maximum absolute atomic E-state index is 12.2. The van der Waals surface area contributed by atoms with E-state index in [-0.39, 0.29) is 6.03 Å². The van der Waals surface area contributed by atoms with Gasteiger partial charge in [0.15, 0.2) is 0 Å². The molecule has 1 N–H and O–H groups in total. The number of likely N-dealkylation sites (N-methyl/N-ethyl adjacent to an activating group) is 1. The summed E-state index contributed by atoms with van der Waals surface area (Å²) in [5.41, 5.74) is 2.21. The first-order valence-electron chi connectivity index (χ1n) is 7.55. The van der Waals surface area contributed by atoms with Crippen molar-refractivity contribution in [3.8, 4) is 0 Å². The summed E-state index contributed by atoms with van der Waals surface area (Å²) in [6.45, 7) is 3.33. The first-order chi connectivity index (χ1) is 11.2. The summed E-state index contributed by atoms with van der Waals surface area (Å²) >= 11 is 3.40. The number of rotatable bonds is 6. The third kappa shape index (κ3) is 5.87. The van der Waals surface area contributed by atoms with E-state index in [2.05, 4.69) is 26.2 Å². The molecule has 0 spiro atoms. The maximum Gasteiger partial charge on any atom is 0.321 e. The van der Waals surface area contributed by atoms with Crippen LogP contribution in [0.1, 0.15) is 18.1 Å². The topological polar surface area (TPSA) is 45.2 Å². The number of carbonyl (C=O) groups excluding carboxylic acids is 1. The van der Waals surface area contributed by atoms with Crippen LogP contribution in [0.25, 0.3) is 6.08 Å². The highest BCUT2D eigenvalue weighted by Crippen LogP contribution is 2.11. The van der Waals surface area contributed by atoms with Crippen molar-refractivity contribution in [2.75, 3.05) is 13.1 Å². The van der Waals surface area contributed by atoms with E-state index in [0.29, 0.717) is 13.1 Å². The maximum atomic E-state index is 12.2. The molecule has 0 aliphatic carbocycles. The molecular weight excluding hydrogens is 354 g/mol. The molecule has 0 unspecified atom stereocenters. The van der Waals surface area contributed by atoms with Gasteiger partial charge in [0.2, 0.25) is 0 Å². The van der Waals surface area contributed by atoms with Crippen LogP contribution in [0.4, 0.5) is 4.79 Å². The molecule has 0 aliphatic rings. The minimum Gasteiger partial charge on any atom is -0.324 e. The van der Waals surface area contributed by atoms with Crippen LogP contribution in [-0.4, -0.2) is 29.0 Å². The fourth-order valence-corrected chi connectivity index (χ4v) is 2.36. The molecule has 5 heteroatoms. The van der Waals surface area contributed by atoms with Crippen molar-refractivity contribution < 1.29 is 4.79 Å². The number of hydrogen-bond donors (Lipinski definition) is 1. The molecule has 4 nitrogen and oxygen atoms in total. The van der Waals surface area contributed by atoms with Crippen molar-refractivity contribution in [1.82, 2.24) is 15.2 Å². The molecule has 1 aromatic heterocycles. The summed E-state index contributed by atoms with van der Waals surface area (Å²) in [6.07, 6.45) is 7.92. The molecule has 120 valence electrons. The number of benzene rings is 1. The van der Waals surface area contributed by atoms with E-state index in [4.69, 9.17) is 0 Å². The molecule has 2 aromatic rings. The number of nitrogens with zero attached hydrogens (tertiary/aromatic N) is 2. The molecular formula is C18H20BrN3O. The number of halogens is 1. The van der Waals surface area contributed by atoms with E-state index in [0.717, 1.165) is 16.5 Å². The molecule has 0 atom stereocenters. The average Bonchev–Trinajstić information content (AvgIpc) is 2.58. The zero-order valence-corrected chi connectivity index (χ0v) is 14.7. The van der Waals surface area contributed by atoms with Gasteiger partial charge in [-0.1, -0.05) is 28.1 Å². The van der Waals surface area contributed by atoms with Crippen LogP contribution in [0.2, 0.25) is 0 Å². The summed E-state index contributed by atoms with van der Waals surface area (Å²) in [6, 6.07) is 11.7. The van der Waals surface area contributed by atoms with Gasteiger partial charge in [-0.25, -0.2) is 4.79 Å². The highest BCUT2D eigenvalue weighted by atomic mass is 79.9. The number of carbonyl (C=O) groups is 1. The lowest BCUT2D eigenvalue weighted by Crippen LogP contribution is -2.38. The van der Waals surface area contributed by atoms with E-state index in [9.17, 15) is 4.79 Å². The molecule has 0 saturated carbocycles. The third-order valence-electron chi connectivity index (χ3n) is 3.44. The Morgan fingerprint density at radius 2 is 1.91 bits per heavy atom. The van der Waals surface area contributed by atoms with Crippen LogP contribution in [0.3, 0.4) is 0 Å². The molecule has 1 heterocycles. The second kappa shape index (κ2) is 9.10. The zero-order valence-electron chi connectivity index (χ0n) is 13.1. The molecule has 2 amide bonds. The quantitative estimate of drug-likeness (QED) is 0.828. The highest BCUT2D eigenvalue weighted by Gasteiger charge is 2.09. The second-order valence-corrected chi connectivity index (χ2v) is 5.94. The number of pyridine rings is 1. The lowest BCUT2D eigenvalue weighted by molar-refractivity contribution is 0.205. The van der Waals surface area contributed by atoms with Gasteiger partial charge in [-0.2, -0.15) is 0 Å². The molecule has 0 aliphatic heterocycles. The molecule has 1 aromatic carbocycles. The van der Waals surface area contributed by atoms with Crippen LogP contribution in [-0.2, 0) is 6.42 Å². The van der Waals surface area contributed by atoms with Crippen LogP contribution < -0.4 is 5.32 Å². The van der Waals surface area contributed by atoms with E-state index >= 15 is 0 Å². The fraction of sp³-hybridized carbons (Fsp3) is 0.222. The molecule has 0 saturated heterocycles. The van der Waals surface area contributed by atoms with Crippen molar-refractivity contribution in [3.05, 3.63) is 70.6 Å². The summed E-state index contributed by atoms with van der Waals surface area (Å²) in [5.74, 6) is 0. The average molecular weight is 374 g/mol. The van der Waals surface area contributed by atoms with Gasteiger partial charge in [0.1, 0.15) is 0 Å². The standard InChI is InChI=1S/C18H20BrN3O/c1-2-22(14-10-16-7-11-20-12-8-16)18(23)21-13-9-15-3-5-17(19)6-4-15/h3-9,11-13H,2,10,14H2,1H3,(H,21,23)/b13-9+. The number of nitrogens with one attached hydrogen (secondary N) is 1. The van der Waals surface area contributed by atoms with Gasteiger partial charge in [0.05, 0.1) is 0 Å². The SMILES string of the molecule is CCN(CCc1ccncc1)C(=O)N/C=C/c1ccc(Br)cc1. The molecule has 0 fully saturated rings.